The van der Waals surface area contributed by atoms with Crippen molar-refractivity contribution < 1.29 is 5.11 Å². The van der Waals surface area contributed by atoms with E-state index < -0.39 is 0 Å². The zero-order valence-electron chi connectivity index (χ0n) is 14.6. The maximum absolute atomic E-state index is 7.00. The predicted octanol–water partition coefficient (Wildman–Crippen LogP) is 12.4. The molecule has 0 atom stereocenters. The summed E-state index contributed by atoms with van der Waals surface area (Å²) in [7, 11) is 1.00. The van der Waals surface area contributed by atoms with Crippen LogP contribution in [0.25, 0.3) is 0 Å². The molecular weight excluding hydrogens is 774 g/mol. The molecule has 0 radical (unpaired) electrons. The van der Waals surface area contributed by atoms with E-state index in [-0.39, 0.29) is 48.1 Å². The van der Waals surface area contributed by atoms with Crippen LogP contribution in [0, 0.1) is 0 Å². The fraction of sp³-hybridized carbons (Fsp3) is 1.00. The van der Waals surface area contributed by atoms with Gasteiger partial charge in [-0.1, -0.05) is 0 Å². The van der Waals surface area contributed by atoms with Crippen molar-refractivity contribution in [3.05, 3.63) is 0 Å². The van der Waals surface area contributed by atoms with Crippen molar-refractivity contribution >= 4 is 209 Å². The van der Waals surface area contributed by atoms with Gasteiger partial charge in [-0.15, -0.1) is 209 Å². The normalized spacial score (nSPS) is 5.79. The summed E-state index contributed by atoms with van der Waals surface area (Å²) in [6.45, 7) is 0. The van der Waals surface area contributed by atoms with Crippen molar-refractivity contribution in [3.8, 4) is 0 Å². The standard InChI is InChI=1S/9CH2Cl2.CH4O/c9*2-1-3;1-2/h9*1H2;2H,1H3. The van der Waals surface area contributed by atoms with Crippen molar-refractivity contribution in [2.75, 3.05) is 55.2 Å². The van der Waals surface area contributed by atoms with Gasteiger partial charge in [0, 0.05) is 7.11 Å². The molecule has 0 amide bonds. The highest BCUT2D eigenvalue weighted by Crippen LogP contribution is 1.75. The van der Waals surface area contributed by atoms with Crippen LogP contribution in [0.2, 0.25) is 0 Å². The van der Waals surface area contributed by atoms with Crippen molar-refractivity contribution in [1.29, 1.82) is 0 Å². The second-order valence-electron chi connectivity index (χ2n) is 0.909. The van der Waals surface area contributed by atoms with Gasteiger partial charge in [0.05, 0.1) is 48.1 Å². The summed E-state index contributed by atoms with van der Waals surface area (Å²) in [6.07, 6.45) is 0. The third-order valence-corrected chi connectivity index (χ3v) is 0. The second-order valence-corrected chi connectivity index (χ2v) is 8.18. The third kappa shape index (κ3) is 1200. The minimum Gasteiger partial charge on any atom is -0.400 e. The molecule has 0 saturated carbocycles. The largest absolute Gasteiger partial charge is 0.400 e. The topological polar surface area (TPSA) is 20.2 Å². The monoisotopic (exact) mass is 788 g/mol. The molecule has 1 nitrogen and oxygen atoms in total. The van der Waals surface area contributed by atoms with E-state index in [4.69, 9.17) is 214 Å². The van der Waals surface area contributed by atoms with Crippen LogP contribution in [0.5, 0.6) is 0 Å². The van der Waals surface area contributed by atoms with Crippen molar-refractivity contribution in [2.24, 2.45) is 0 Å². The van der Waals surface area contributed by atoms with E-state index in [1.807, 2.05) is 0 Å². The lowest BCUT2D eigenvalue weighted by Gasteiger charge is -1.42. The van der Waals surface area contributed by atoms with E-state index in [1.165, 1.54) is 0 Å². The Morgan fingerprint density at radius 3 is 0.241 bits per heavy atom. The molecule has 194 valence electrons. The lowest BCUT2D eigenvalue weighted by molar-refractivity contribution is 0.399. The molecule has 29 heavy (non-hydrogen) atoms. The smallest absolute Gasteiger partial charge is 0.0967 e. The lowest BCUT2D eigenvalue weighted by atomic mass is 11.8. The first-order valence-corrected chi connectivity index (χ1v) is 14.9. The number of aliphatic hydroxyl groups is 1. The molecule has 0 saturated heterocycles. The molecule has 0 spiro atoms. The van der Waals surface area contributed by atoms with Crippen LogP contribution in [0.15, 0.2) is 0 Å². The van der Waals surface area contributed by atoms with Crippen LogP contribution in [-0.4, -0.2) is 60.3 Å². The van der Waals surface area contributed by atoms with Gasteiger partial charge in [-0.3, -0.25) is 0 Å². The van der Waals surface area contributed by atoms with Gasteiger partial charge in [0.2, 0.25) is 0 Å². The molecule has 0 aromatic rings. The van der Waals surface area contributed by atoms with E-state index in [1.54, 1.807) is 0 Å². The number of halogens is 18. The Kier molecular flexibility index (Phi) is 379. The summed E-state index contributed by atoms with van der Waals surface area (Å²) in [5, 5.41) is 8.75. The number of hydrogen-bond donors (Lipinski definition) is 1. The zero-order chi connectivity index (χ0) is 26.4. The maximum Gasteiger partial charge on any atom is 0.0967 e. The van der Waals surface area contributed by atoms with Gasteiger partial charge in [-0.25, -0.2) is 0 Å². The van der Waals surface area contributed by atoms with Crippen molar-refractivity contribution in [1.82, 2.24) is 0 Å². The summed E-state index contributed by atoms with van der Waals surface area (Å²) >= 11 is 85.7. The number of alkyl halides is 18. The Labute approximate surface area is 265 Å². The molecule has 0 fully saturated rings. The Bertz CT molecular complexity index is 61.1. The molecule has 0 rings (SSSR count). The van der Waals surface area contributed by atoms with Crippen LogP contribution >= 0.6 is 209 Å². The van der Waals surface area contributed by atoms with E-state index >= 15 is 0 Å². The molecule has 0 aliphatic carbocycles. The van der Waals surface area contributed by atoms with Gasteiger partial charge in [0.25, 0.3) is 0 Å². The second kappa shape index (κ2) is 171. The van der Waals surface area contributed by atoms with Crippen LogP contribution in [0.3, 0.4) is 0 Å². The molecule has 0 aromatic heterocycles. The SMILES string of the molecule is CO.ClCCl.ClCCl.ClCCl.ClCCl.ClCCl.ClCCl.ClCCl.ClCCl.ClCCl. The van der Waals surface area contributed by atoms with Crippen LogP contribution in [-0.2, 0) is 0 Å². The highest BCUT2D eigenvalue weighted by atomic mass is 35.6. The maximum atomic E-state index is 7.00. The first-order chi connectivity index (χ1) is 13.7. The van der Waals surface area contributed by atoms with Crippen molar-refractivity contribution in [2.45, 2.75) is 0 Å². The molecular formula is C10H22Cl18O. The fourth-order valence-corrected chi connectivity index (χ4v) is 0. The summed E-state index contributed by atoms with van der Waals surface area (Å²) in [5.41, 5.74) is 0. The van der Waals surface area contributed by atoms with E-state index in [0.717, 1.165) is 7.11 Å². The molecule has 0 aromatic carbocycles. The summed E-state index contributed by atoms with van der Waals surface area (Å²) in [4.78, 5) is 0. The van der Waals surface area contributed by atoms with Gasteiger partial charge in [0.1, 0.15) is 0 Å². The Morgan fingerprint density at radius 2 is 0.241 bits per heavy atom. The van der Waals surface area contributed by atoms with Crippen LogP contribution in [0.1, 0.15) is 0 Å². The molecule has 0 bridgehead atoms. The Morgan fingerprint density at radius 1 is 0.241 bits per heavy atom. The molecule has 0 unspecified atom stereocenters. The van der Waals surface area contributed by atoms with E-state index in [2.05, 4.69) is 0 Å². The molecule has 0 heterocycles. The summed E-state index contributed by atoms with van der Waals surface area (Å²) < 4.78 is 0. The third-order valence-electron chi connectivity index (χ3n) is 0. The Hall–Kier alpha value is 5.18. The highest BCUT2D eigenvalue weighted by molar-refractivity contribution is 6.42. The zero-order valence-corrected chi connectivity index (χ0v) is 28.2. The summed E-state index contributed by atoms with van der Waals surface area (Å²) in [6, 6.07) is 0. The average Bonchev–Trinajstić information content (AvgIpc) is 2.62. The van der Waals surface area contributed by atoms with E-state index in [0.29, 0.717) is 0 Å². The van der Waals surface area contributed by atoms with Gasteiger partial charge in [-0.05, 0) is 0 Å². The van der Waals surface area contributed by atoms with Crippen LogP contribution in [0.4, 0.5) is 0 Å². The number of hydrogen-bond acceptors (Lipinski definition) is 1. The van der Waals surface area contributed by atoms with Crippen molar-refractivity contribution in [3.63, 3.8) is 0 Å². The molecule has 0 aliphatic rings. The van der Waals surface area contributed by atoms with Gasteiger partial charge in [0.15, 0.2) is 0 Å². The van der Waals surface area contributed by atoms with E-state index in [9.17, 15) is 0 Å². The minimum atomic E-state index is 0.194. The molecule has 1 N–H and O–H groups in total. The predicted molar refractivity (Wildman–Crippen MR) is 157 cm³/mol. The average molecular weight is 796 g/mol. The van der Waals surface area contributed by atoms with Gasteiger partial charge in [-0.2, -0.15) is 0 Å². The number of rotatable bonds is 0. The molecule has 0 aliphatic heterocycles. The Balaban J connectivity index is -0.0000000173. The van der Waals surface area contributed by atoms with Gasteiger partial charge < -0.3 is 5.11 Å². The lowest BCUT2D eigenvalue weighted by Crippen LogP contribution is -1.25. The van der Waals surface area contributed by atoms with Gasteiger partial charge >= 0.3 is 0 Å². The summed E-state index contributed by atoms with van der Waals surface area (Å²) in [5.74, 6) is 0. The number of aliphatic hydroxyl groups excluding tert-OH is 1. The quantitative estimate of drug-likeness (QED) is 0.242. The highest BCUT2D eigenvalue weighted by Gasteiger charge is 1.44. The van der Waals surface area contributed by atoms with Crippen LogP contribution < -0.4 is 0 Å². The first kappa shape index (κ1) is 64.4. The fourth-order valence-electron chi connectivity index (χ4n) is 0. The molecule has 19 heteroatoms. The first-order valence-electron chi connectivity index (χ1n) is 5.26. The minimum absolute atomic E-state index is 0.194.